The van der Waals surface area contributed by atoms with Gasteiger partial charge in [0.15, 0.2) is 0 Å². The fraction of sp³-hybridized carbons (Fsp3) is 0.522. The van der Waals surface area contributed by atoms with Gasteiger partial charge in [-0.25, -0.2) is 19.3 Å². The van der Waals surface area contributed by atoms with Gasteiger partial charge in [-0.3, -0.25) is 30.2 Å². The molecule has 3 rings (SSSR count). The van der Waals surface area contributed by atoms with Gasteiger partial charge < -0.3 is 14.2 Å². The van der Waals surface area contributed by atoms with Gasteiger partial charge in [-0.1, -0.05) is 0 Å². The molecular weight excluding hydrogens is 472 g/mol. The summed E-state index contributed by atoms with van der Waals surface area (Å²) in [4.78, 5) is 54.2. The molecule has 2 saturated heterocycles. The number of hydrogen-bond acceptors (Lipinski definition) is 10. The van der Waals surface area contributed by atoms with Crippen LogP contribution in [0, 0.1) is 5.41 Å². The first-order chi connectivity index (χ1) is 17.2. The maximum Gasteiger partial charge on any atom is 0.417 e. The Kier molecular flexibility index (Phi) is 9.19. The normalized spacial score (nSPS) is 18.4. The number of nitrogens with one attached hydrogen (secondary N) is 2. The van der Waals surface area contributed by atoms with Crippen molar-refractivity contribution in [2.75, 3.05) is 71.5 Å². The smallest absolute Gasteiger partial charge is 0.417 e. The van der Waals surface area contributed by atoms with Gasteiger partial charge in [-0.15, -0.1) is 0 Å². The van der Waals surface area contributed by atoms with Crippen molar-refractivity contribution in [2.45, 2.75) is 13.0 Å². The zero-order valence-electron chi connectivity index (χ0n) is 20.7. The number of benzene rings is 1. The number of carbonyl (C=O) groups excluding carboxylic acids is 4. The largest absolute Gasteiger partial charge is 0.468 e. The zero-order valence-corrected chi connectivity index (χ0v) is 20.7. The minimum absolute atomic E-state index is 0.128. The molecule has 0 aliphatic carbocycles. The number of urea groups is 1. The topological polar surface area (TPSA) is 145 Å². The summed E-state index contributed by atoms with van der Waals surface area (Å²) in [5.74, 6) is -0.452. The van der Waals surface area contributed by atoms with E-state index in [4.69, 9.17) is 19.6 Å². The van der Waals surface area contributed by atoms with Gasteiger partial charge in [0.2, 0.25) is 0 Å². The van der Waals surface area contributed by atoms with Crippen LogP contribution in [-0.2, 0) is 19.0 Å². The van der Waals surface area contributed by atoms with Crippen molar-refractivity contribution in [2.24, 2.45) is 0 Å². The summed E-state index contributed by atoms with van der Waals surface area (Å²) in [5.41, 5.74) is 1.01. The van der Waals surface area contributed by atoms with E-state index in [-0.39, 0.29) is 31.1 Å². The summed E-state index contributed by atoms with van der Waals surface area (Å²) in [6.07, 6.45) is -1.56. The summed E-state index contributed by atoms with van der Waals surface area (Å²) in [6, 6.07) is 5.74. The molecule has 2 N–H and O–H groups in total. The summed E-state index contributed by atoms with van der Waals surface area (Å²) < 4.78 is 15.0. The molecule has 196 valence electrons. The van der Waals surface area contributed by atoms with Crippen LogP contribution in [0.15, 0.2) is 24.3 Å². The van der Waals surface area contributed by atoms with Crippen LogP contribution >= 0.6 is 0 Å². The highest BCUT2D eigenvalue weighted by molar-refractivity contribution is 6.08. The number of amides is 4. The fourth-order valence-electron chi connectivity index (χ4n) is 3.87. The first-order valence-corrected chi connectivity index (χ1v) is 11.6. The molecular formula is C23H32N6O7. The molecule has 1 unspecified atom stereocenters. The number of rotatable bonds is 7. The maximum absolute atomic E-state index is 12.5. The quantitative estimate of drug-likeness (QED) is 0.240. The number of amidine groups is 1. The van der Waals surface area contributed by atoms with E-state index in [1.165, 1.54) is 19.1 Å². The highest BCUT2D eigenvalue weighted by Crippen LogP contribution is 2.23. The Morgan fingerprint density at radius 2 is 1.78 bits per heavy atom. The lowest BCUT2D eigenvalue weighted by Gasteiger charge is -2.34. The van der Waals surface area contributed by atoms with Crippen LogP contribution in [0.25, 0.3) is 0 Å². The van der Waals surface area contributed by atoms with E-state index < -0.39 is 18.2 Å². The molecule has 13 nitrogen and oxygen atoms in total. The molecule has 4 amide bonds. The predicted molar refractivity (Wildman–Crippen MR) is 129 cm³/mol. The minimum atomic E-state index is -0.816. The van der Waals surface area contributed by atoms with E-state index in [2.05, 4.69) is 10.2 Å². The van der Waals surface area contributed by atoms with Crippen molar-refractivity contribution in [3.8, 4) is 0 Å². The lowest BCUT2D eigenvalue weighted by molar-refractivity contribution is -0.142. The number of imide groups is 1. The van der Waals surface area contributed by atoms with Crippen molar-refractivity contribution < 1.29 is 33.4 Å². The number of esters is 1. The van der Waals surface area contributed by atoms with Gasteiger partial charge in [0.05, 0.1) is 26.8 Å². The SMILES string of the molecule is CCOC(=O)N(C)C(=O)NC(=N)c1ccc(N2CC(CN3CCN(CC(=O)OC)CC3)OC2=O)cc1. The van der Waals surface area contributed by atoms with Crippen LogP contribution in [0.3, 0.4) is 0 Å². The first-order valence-electron chi connectivity index (χ1n) is 11.6. The van der Waals surface area contributed by atoms with Crippen molar-refractivity contribution >= 4 is 35.7 Å². The number of piperazine rings is 1. The van der Waals surface area contributed by atoms with Gasteiger partial charge in [0.1, 0.15) is 11.9 Å². The van der Waals surface area contributed by atoms with E-state index in [1.54, 1.807) is 31.2 Å². The Morgan fingerprint density at radius 1 is 1.14 bits per heavy atom. The number of cyclic esters (lactones) is 1. The van der Waals surface area contributed by atoms with Crippen molar-refractivity contribution in [1.82, 2.24) is 20.0 Å². The Labute approximate surface area is 209 Å². The van der Waals surface area contributed by atoms with Crippen LogP contribution in [0.5, 0.6) is 0 Å². The Hall–Kier alpha value is -3.71. The maximum atomic E-state index is 12.5. The monoisotopic (exact) mass is 504 g/mol. The van der Waals surface area contributed by atoms with Crippen LogP contribution in [-0.4, -0.2) is 117 Å². The number of anilines is 1. The van der Waals surface area contributed by atoms with Crippen LogP contribution in [0.1, 0.15) is 12.5 Å². The number of carbonyl (C=O) groups is 4. The summed E-state index contributed by atoms with van der Waals surface area (Å²) >= 11 is 0. The van der Waals surface area contributed by atoms with Crippen molar-refractivity contribution in [1.29, 1.82) is 5.41 Å². The van der Waals surface area contributed by atoms with Gasteiger partial charge in [0, 0.05) is 51.0 Å². The number of methoxy groups -OCH3 is 1. The van der Waals surface area contributed by atoms with Gasteiger partial charge in [0.25, 0.3) is 0 Å². The van der Waals surface area contributed by atoms with E-state index in [9.17, 15) is 19.2 Å². The molecule has 0 bridgehead atoms. The van der Waals surface area contributed by atoms with E-state index >= 15 is 0 Å². The fourth-order valence-corrected chi connectivity index (χ4v) is 3.87. The van der Waals surface area contributed by atoms with Crippen molar-refractivity contribution in [3.63, 3.8) is 0 Å². The Bertz CT molecular complexity index is 978. The third kappa shape index (κ3) is 6.92. The lowest BCUT2D eigenvalue weighted by atomic mass is 10.1. The van der Waals surface area contributed by atoms with Gasteiger partial charge in [-0.05, 0) is 31.2 Å². The minimum Gasteiger partial charge on any atom is -0.468 e. The zero-order chi connectivity index (χ0) is 26.2. The molecule has 1 aromatic rings. The average Bonchev–Trinajstić information content (AvgIpc) is 3.24. The van der Waals surface area contributed by atoms with E-state index in [0.717, 1.165) is 31.1 Å². The van der Waals surface area contributed by atoms with Gasteiger partial charge in [-0.2, -0.15) is 0 Å². The molecule has 2 fully saturated rings. The highest BCUT2D eigenvalue weighted by atomic mass is 16.6. The molecule has 13 heteroatoms. The summed E-state index contributed by atoms with van der Waals surface area (Å²) in [7, 11) is 2.63. The molecule has 2 aliphatic heterocycles. The standard InChI is InChI=1S/C23H32N6O7/c1-4-35-22(32)26(2)21(31)25-20(24)16-5-7-17(8-6-16)29-14-18(36-23(29)33)13-27-9-11-28(12-10-27)15-19(30)34-3/h5-8,18H,4,9-15H2,1-3H3,(H2,24,25,31). The summed E-state index contributed by atoms with van der Waals surface area (Å²) in [6.45, 7) is 6.01. The number of nitrogens with zero attached hydrogens (tertiary/aromatic N) is 4. The second kappa shape index (κ2) is 12.3. The average molecular weight is 505 g/mol. The molecule has 0 radical (unpaired) electrons. The third-order valence-corrected chi connectivity index (χ3v) is 5.93. The Morgan fingerprint density at radius 3 is 2.39 bits per heavy atom. The second-order valence-electron chi connectivity index (χ2n) is 8.38. The molecule has 1 atom stereocenters. The van der Waals surface area contributed by atoms with Crippen LogP contribution < -0.4 is 10.2 Å². The molecule has 36 heavy (non-hydrogen) atoms. The van der Waals surface area contributed by atoms with E-state index in [0.29, 0.717) is 24.3 Å². The Balaban J connectivity index is 1.49. The molecule has 1 aromatic carbocycles. The molecule has 2 heterocycles. The van der Waals surface area contributed by atoms with Crippen LogP contribution in [0.4, 0.5) is 20.1 Å². The van der Waals surface area contributed by atoms with Crippen molar-refractivity contribution in [3.05, 3.63) is 29.8 Å². The van der Waals surface area contributed by atoms with Gasteiger partial charge >= 0.3 is 24.2 Å². The lowest BCUT2D eigenvalue weighted by Crippen LogP contribution is -2.50. The highest BCUT2D eigenvalue weighted by Gasteiger charge is 2.34. The van der Waals surface area contributed by atoms with Crippen LogP contribution in [0.2, 0.25) is 0 Å². The molecule has 0 aromatic heterocycles. The third-order valence-electron chi connectivity index (χ3n) is 5.93. The molecule has 0 saturated carbocycles. The summed E-state index contributed by atoms with van der Waals surface area (Å²) in [5, 5.41) is 10.4. The molecule has 2 aliphatic rings. The predicted octanol–water partition coefficient (Wildman–Crippen LogP) is 0.926. The van der Waals surface area contributed by atoms with E-state index in [1.807, 2.05) is 4.90 Å². The number of hydrogen-bond donors (Lipinski definition) is 2. The second-order valence-corrected chi connectivity index (χ2v) is 8.38. The first kappa shape index (κ1) is 26.9. The number of ether oxygens (including phenoxy) is 3. The molecule has 0 spiro atoms.